The largest absolute Gasteiger partial charge is 0.491 e. The molecule has 0 spiro atoms. The number of nitrogens with two attached hydrogens (primary N) is 1. The number of benzene rings is 1. The zero-order chi connectivity index (χ0) is 15.4. The van der Waals surface area contributed by atoms with Crippen molar-refractivity contribution in [2.24, 2.45) is 5.73 Å². The molecule has 0 amide bonds. The molecule has 7 heteroatoms. The molecule has 2 aromatic rings. The van der Waals surface area contributed by atoms with Crippen LogP contribution in [0.3, 0.4) is 0 Å². The van der Waals surface area contributed by atoms with Crippen LogP contribution in [0.4, 0.5) is 0 Å². The summed E-state index contributed by atoms with van der Waals surface area (Å²) >= 11 is 0. The summed E-state index contributed by atoms with van der Waals surface area (Å²) in [6, 6.07) is 5.97. The summed E-state index contributed by atoms with van der Waals surface area (Å²) in [6.07, 6.45) is 0. The van der Waals surface area contributed by atoms with E-state index >= 15 is 0 Å². The number of aromatic carboxylic acids is 1. The number of carbonyl (C=O) groups is 1. The summed E-state index contributed by atoms with van der Waals surface area (Å²) in [6.45, 7) is 4.78. The maximum atomic E-state index is 11.0. The normalized spacial score (nSPS) is 10.6. The van der Waals surface area contributed by atoms with E-state index in [-0.39, 0.29) is 12.2 Å². The van der Waals surface area contributed by atoms with Crippen LogP contribution in [-0.2, 0) is 13.1 Å². The van der Waals surface area contributed by atoms with Gasteiger partial charge in [-0.25, -0.2) is 9.48 Å². The van der Waals surface area contributed by atoms with Crippen molar-refractivity contribution in [1.29, 1.82) is 0 Å². The first kappa shape index (κ1) is 15.0. The van der Waals surface area contributed by atoms with Gasteiger partial charge in [-0.2, -0.15) is 0 Å². The van der Waals surface area contributed by atoms with Gasteiger partial charge in [-0.15, -0.1) is 5.10 Å². The number of nitrogens with zero attached hydrogens (tertiary/aromatic N) is 3. The van der Waals surface area contributed by atoms with Gasteiger partial charge in [0.25, 0.3) is 0 Å². The highest BCUT2D eigenvalue weighted by molar-refractivity contribution is 5.86. The summed E-state index contributed by atoms with van der Waals surface area (Å²) in [5.74, 6) is -0.319. The van der Waals surface area contributed by atoms with Gasteiger partial charge < -0.3 is 15.6 Å². The standard InChI is InChI=1S/C14H18N4O3/c1-9-3-4-10(2)12(7-9)21-6-5-18-11(8-15)13(14(19)20)16-17-18/h3-4,7H,5-6,8,15H2,1-2H3,(H,19,20). The minimum atomic E-state index is -1.13. The lowest BCUT2D eigenvalue weighted by molar-refractivity contribution is 0.0689. The predicted octanol–water partition coefficient (Wildman–Crippen LogP) is 1.13. The molecular weight excluding hydrogens is 272 g/mol. The Morgan fingerprint density at radius 3 is 2.86 bits per heavy atom. The summed E-state index contributed by atoms with van der Waals surface area (Å²) in [5.41, 5.74) is 8.01. The minimum absolute atomic E-state index is 0.0676. The lowest BCUT2D eigenvalue weighted by Crippen LogP contribution is -2.16. The Labute approximate surface area is 122 Å². The van der Waals surface area contributed by atoms with E-state index in [1.54, 1.807) is 0 Å². The molecule has 0 radical (unpaired) electrons. The molecule has 3 N–H and O–H groups in total. The monoisotopic (exact) mass is 290 g/mol. The first-order valence-electron chi connectivity index (χ1n) is 6.58. The summed E-state index contributed by atoms with van der Waals surface area (Å²) in [4.78, 5) is 11.0. The molecule has 0 aliphatic carbocycles. The maximum absolute atomic E-state index is 11.0. The van der Waals surface area contributed by atoms with Crippen LogP contribution in [0.1, 0.15) is 27.3 Å². The Balaban J connectivity index is 2.04. The summed E-state index contributed by atoms with van der Waals surface area (Å²) in [5, 5.41) is 16.4. The summed E-state index contributed by atoms with van der Waals surface area (Å²) in [7, 11) is 0. The number of aryl methyl sites for hydroxylation is 2. The second-order valence-corrected chi connectivity index (χ2v) is 4.73. The van der Waals surface area contributed by atoms with E-state index in [0.717, 1.165) is 16.9 Å². The molecule has 0 aliphatic heterocycles. The SMILES string of the molecule is Cc1ccc(C)c(OCCn2nnc(C(=O)O)c2CN)c1. The van der Waals surface area contributed by atoms with Crippen LogP contribution < -0.4 is 10.5 Å². The van der Waals surface area contributed by atoms with Gasteiger partial charge in [0.15, 0.2) is 5.69 Å². The van der Waals surface area contributed by atoms with Crippen LogP contribution >= 0.6 is 0 Å². The van der Waals surface area contributed by atoms with Crippen molar-refractivity contribution in [2.45, 2.75) is 26.9 Å². The van der Waals surface area contributed by atoms with Gasteiger partial charge in [0.05, 0.1) is 12.2 Å². The molecule has 0 fully saturated rings. The Morgan fingerprint density at radius 2 is 2.19 bits per heavy atom. The molecule has 0 saturated heterocycles. The fourth-order valence-corrected chi connectivity index (χ4v) is 1.99. The van der Waals surface area contributed by atoms with Gasteiger partial charge in [-0.3, -0.25) is 0 Å². The second-order valence-electron chi connectivity index (χ2n) is 4.73. The van der Waals surface area contributed by atoms with E-state index in [1.807, 2.05) is 32.0 Å². The zero-order valence-corrected chi connectivity index (χ0v) is 12.0. The van der Waals surface area contributed by atoms with Crippen LogP contribution in [0.5, 0.6) is 5.75 Å². The van der Waals surface area contributed by atoms with E-state index in [9.17, 15) is 4.79 Å². The van der Waals surface area contributed by atoms with E-state index in [1.165, 1.54) is 4.68 Å². The van der Waals surface area contributed by atoms with E-state index in [2.05, 4.69) is 10.3 Å². The number of rotatable bonds is 6. The third-order valence-electron chi connectivity index (χ3n) is 3.14. The van der Waals surface area contributed by atoms with E-state index in [0.29, 0.717) is 18.8 Å². The molecule has 1 aromatic carbocycles. The topological polar surface area (TPSA) is 103 Å². The fraction of sp³-hybridized carbons (Fsp3) is 0.357. The third-order valence-corrected chi connectivity index (χ3v) is 3.14. The third kappa shape index (κ3) is 3.38. The molecule has 112 valence electrons. The van der Waals surface area contributed by atoms with Gasteiger partial charge in [-0.05, 0) is 31.0 Å². The molecule has 0 saturated carbocycles. The van der Waals surface area contributed by atoms with Gasteiger partial charge in [-0.1, -0.05) is 17.3 Å². The van der Waals surface area contributed by atoms with Crippen LogP contribution in [0.25, 0.3) is 0 Å². The Morgan fingerprint density at radius 1 is 1.43 bits per heavy atom. The average Bonchev–Trinajstić information content (AvgIpc) is 2.85. The van der Waals surface area contributed by atoms with Crippen molar-refractivity contribution < 1.29 is 14.6 Å². The van der Waals surface area contributed by atoms with Gasteiger partial charge in [0, 0.05) is 6.54 Å². The van der Waals surface area contributed by atoms with Gasteiger partial charge >= 0.3 is 5.97 Å². The molecule has 7 nitrogen and oxygen atoms in total. The van der Waals surface area contributed by atoms with Crippen LogP contribution in [0.15, 0.2) is 18.2 Å². The van der Waals surface area contributed by atoms with Crippen molar-refractivity contribution >= 4 is 5.97 Å². The Hall–Kier alpha value is -2.41. The van der Waals surface area contributed by atoms with E-state index < -0.39 is 5.97 Å². The molecule has 0 bridgehead atoms. The Bertz CT molecular complexity index is 652. The highest BCUT2D eigenvalue weighted by Gasteiger charge is 2.17. The second kappa shape index (κ2) is 6.36. The van der Waals surface area contributed by atoms with Crippen molar-refractivity contribution in [3.05, 3.63) is 40.7 Å². The lowest BCUT2D eigenvalue weighted by Gasteiger charge is -2.10. The van der Waals surface area contributed by atoms with Crippen LogP contribution in [0.2, 0.25) is 0 Å². The molecule has 21 heavy (non-hydrogen) atoms. The molecule has 0 aliphatic rings. The van der Waals surface area contributed by atoms with Gasteiger partial charge in [0.1, 0.15) is 12.4 Å². The smallest absolute Gasteiger partial charge is 0.358 e. The van der Waals surface area contributed by atoms with Crippen LogP contribution in [-0.4, -0.2) is 32.7 Å². The number of aromatic nitrogens is 3. The number of hydrogen-bond donors (Lipinski definition) is 2. The summed E-state index contributed by atoms with van der Waals surface area (Å²) < 4.78 is 7.18. The highest BCUT2D eigenvalue weighted by Crippen LogP contribution is 2.19. The first-order chi connectivity index (χ1) is 10.0. The first-order valence-corrected chi connectivity index (χ1v) is 6.58. The predicted molar refractivity (Wildman–Crippen MR) is 76.3 cm³/mol. The average molecular weight is 290 g/mol. The fourth-order valence-electron chi connectivity index (χ4n) is 1.99. The van der Waals surface area contributed by atoms with Crippen molar-refractivity contribution in [3.8, 4) is 5.75 Å². The number of carboxylic acids is 1. The minimum Gasteiger partial charge on any atom is -0.491 e. The lowest BCUT2D eigenvalue weighted by atomic mass is 10.1. The Kier molecular flexibility index (Phi) is 4.54. The zero-order valence-electron chi connectivity index (χ0n) is 12.0. The quantitative estimate of drug-likeness (QED) is 0.826. The van der Waals surface area contributed by atoms with Gasteiger partial charge in [0.2, 0.25) is 0 Å². The van der Waals surface area contributed by atoms with E-state index in [4.69, 9.17) is 15.6 Å². The molecule has 1 aromatic heterocycles. The van der Waals surface area contributed by atoms with Crippen molar-refractivity contribution in [2.75, 3.05) is 6.61 Å². The maximum Gasteiger partial charge on any atom is 0.358 e. The number of ether oxygens (including phenoxy) is 1. The van der Waals surface area contributed by atoms with Crippen molar-refractivity contribution in [1.82, 2.24) is 15.0 Å². The number of hydrogen-bond acceptors (Lipinski definition) is 5. The highest BCUT2D eigenvalue weighted by atomic mass is 16.5. The van der Waals surface area contributed by atoms with Crippen LogP contribution in [0, 0.1) is 13.8 Å². The molecule has 2 rings (SSSR count). The molecular formula is C14H18N4O3. The van der Waals surface area contributed by atoms with Crippen molar-refractivity contribution in [3.63, 3.8) is 0 Å². The molecule has 0 atom stereocenters. The number of carboxylic acid groups (broad SMARTS) is 1. The molecule has 0 unspecified atom stereocenters. The molecule has 1 heterocycles.